The lowest BCUT2D eigenvalue weighted by Crippen LogP contribution is -2.22. The summed E-state index contributed by atoms with van der Waals surface area (Å²) < 4.78 is 15.9. The van der Waals surface area contributed by atoms with E-state index in [-0.39, 0.29) is 24.6 Å². The maximum absolute atomic E-state index is 12.0. The van der Waals surface area contributed by atoms with Gasteiger partial charge in [-0.1, -0.05) is 64.7 Å². The van der Waals surface area contributed by atoms with Gasteiger partial charge in [-0.3, -0.25) is 4.79 Å². The minimum Gasteiger partial charge on any atom is -0.463 e. The summed E-state index contributed by atoms with van der Waals surface area (Å²) in [6, 6.07) is 0. The second kappa shape index (κ2) is 20.6. The molecule has 0 N–H and O–H groups in total. The summed E-state index contributed by atoms with van der Waals surface area (Å²) in [4.78, 5) is 25.9. The van der Waals surface area contributed by atoms with E-state index in [4.69, 9.17) is 14.2 Å². The number of hydrogen-bond donors (Lipinski definition) is 0. The molecule has 31 heavy (non-hydrogen) atoms. The molecule has 6 nitrogen and oxygen atoms in total. The molecular formula is C25H49NO5. The number of hydrogen-bond acceptors (Lipinski definition) is 6. The van der Waals surface area contributed by atoms with Gasteiger partial charge in [0.2, 0.25) is 0 Å². The van der Waals surface area contributed by atoms with Crippen LogP contribution in [0.4, 0.5) is 4.79 Å². The Morgan fingerprint density at radius 2 is 1.35 bits per heavy atom. The van der Waals surface area contributed by atoms with Crippen molar-refractivity contribution in [1.29, 1.82) is 0 Å². The van der Waals surface area contributed by atoms with Crippen LogP contribution < -0.4 is 0 Å². The molecule has 0 heterocycles. The lowest BCUT2D eigenvalue weighted by atomic mass is 10.0. The fourth-order valence-corrected chi connectivity index (χ4v) is 3.43. The first-order valence-corrected chi connectivity index (χ1v) is 12.5. The van der Waals surface area contributed by atoms with Crippen LogP contribution in [0.3, 0.4) is 0 Å². The van der Waals surface area contributed by atoms with Crippen molar-refractivity contribution in [2.45, 2.75) is 123 Å². The highest BCUT2D eigenvalue weighted by Gasteiger charge is 2.18. The van der Waals surface area contributed by atoms with Gasteiger partial charge in [-0.25, -0.2) is 4.79 Å². The van der Waals surface area contributed by atoms with Crippen molar-refractivity contribution < 1.29 is 23.8 Å². The summed E-state index contributed by atoms with van der Waals surface area (Å²) in [5.74, 6) is -0.244. The number of rotatable bonds is 20. The molecule has 0 aliphatic rings. The summed E-state index contributed by atoms with van der Waals surface area (Å²) in [6.07, 6.45) is 13.8. The number of carbonyl (C=O) groups excluding carboxylic acids is 2. The van der Waals surface area contributed by atoms with Crippen LogP contribution in [0.25, 0.3) is 0 Å². The first kappa shape index (κ1) is 29.7. The van der Waals surface area contributed by atoms with Crippen LogP contribution in [0.15, 0.2) is 0 Å². The third kappa shape index (κ3) is 21.7. The Balaban J connectivity index is 4.14. The van der Waals surface area contributed by atoms with E-state index in [2.05, 4.69) is 6.92 Å². The number of esters is 1. The number of unbranched alkanes of at least 4 members (excludes halogenated alkanes) is 9. The van der Waals surface area contributed by atoms with E-state index >= 15 is 0 Å². The van der Waals surface area contributed by atoms with E-state index in [1.54, 1.807) is 0 Å². The molecule has 184 valence electrons. The van der Waals surface area contributed by atoms with E-state index in [1.807, 2.05) is 32.8 Å². The van der Waals surface area contributed by atoms with Gasteiger partial charge < -0.3 is 19.1 Å². The molecule has 0 fully saturated rings. The zero-order valence-electron chi connectivity index (χ0n) is 21.0. The average Bonchev–Trinajstić information content (AvgIpc) is 2.70. The molecule has 0 bridgehead atoms. The molecule has 0 aromatic carbocycles. The Morgan fingerprint density at radius 1 is 0.774 bits per heavy atom. The normalized spacial score (nSPS) is 12.2. The van der Waals surface area contributed by atoms with Crippen LogP contribution in [-0.4, -0.2) is 56.5 Å². The lowest BCUT2D eigenvalue weighted by Gasteiger charge is -2.18. The predicted octanol–water partition coefficient (Wildman–Crippen LogP) is 6.50. The van der Waals surface area contributed by atoms with Crippen LogP contribution >= 0.6 is 0 Å². The topological polar surface area (TPSA) is 65.1 Å². The maximum atomic E-state index is 12.0. The van der Waals surface area contributed by atoms with Gasteiger partial charge in [-0.05, 0) is 53.6 Å². The Kier molecular flexibility index (Phi) is 19.7. The van der Waals surface area contributed by atoms with Crippen molar-refractivity contribution in [3.63, 3.8) is 0 Å². The van der Waals surface area contributed by atoms with Crippen LogP contribution in [0.5, 0.6) is 0 Å². The maximum Gasteiger partial charge on any atom is 0.508 e. The second-order valence-electron chi connectivity index (χ2n) is 9.04. The van der Waals surface area contributed by atoms with Crippen molar-refractivity contribution in [3.05, 3.63) is 0 Å². The van der Waals surface area contributed by atoms with Gasteiger partial charge in [0.1, 0.15) is 6.10 Å². The summed E-state index contributed by atoms with van der Waals surface area (Å²) in [5, 5.41) is 0. The SMILES string of the molecule is CCCCCCCCCCCCC(CCC(=O)OC(C)C)OC(=O)OCCCN(C)C. The third-order valence-electron chi connectivity index (χ3n) is 5.15. The fourth-order valence-electron chi connectivity index (χ4n) is 3.43. The van der Waals surface area contributed by atoms with Gasteiger partial charge in [0.05, 0.1) is 12.7 Å². The van der Waals surface area contributed by atoms with Crippen molar-refractivity contribution in [1.82, 2.24) is 4.90 Å². The molecule has 0 saturated carbocycles. The first-order chi connectivity index (χ1) is 14.8. The molecule has 0 spiro atoms. The Hall–Kier alpha value is -1.30. The molecule has 1 unspecified atom stereocenters. The predicted molar refractivity (Wildman–Crippen MR) is 126 cm³/mol. The quantitative estimate of drug-likeness (QED) is 0.158. The summed E-state index contributed by atoms with van der Waals surface area (Å²) in [7, 11) is 3.97. The second-order valence-corrected chi connectivity index (χ2v) is 9.04. The van der Waals surface area contributed by atoms with Crippen molar-refractivity contribution in [2.75, 3.05) is 27.2 Å². The zero-order chi connectivity index (χ0) is 23.3. The molecule has 0 amide bonds. The minimum atomic E-state index is -0.631. The molecule has 0 rings (SSSR count). The Labute approximate surface area is 191 Å². The molecule has 0 aliphatic carbocycles. The van der Waals surface area contributed by atoms with E-state index in [0.29, 0.717) is 13.0 Å². The highest BCUT2D eigenvalue weighted by atomic mass is 16.7. The fraction of sp³-hybridized carbons (Fsp3) is 0.920. The molecule has 0 radical (unpaired) electrons. The molecule has 0 aromatic heterocycles. The molecule has 1 atom stereocenters. The van der Waals surface area contributed by atoms with Crippen LogP contribution in [0.1, 0.15) is 111 Å². The van der Waals surface area contributed by atoms with Crippen LogP contribution in [-0.2, 0) is 19.0 Å². The molecule has 0 aromatic rings. The number of ether oxygens (including phenoxy) is 3. The van der Waals surface area contributed by atoms with Crippen LogP contribution in [0, 0.1) is 0 Å². The van der Waals surface area contributed by atoms with E-state index in [0.717, 1.165) is 32.2 Å². The van der Waals surface area contributed by atoms with Gasteiger partial charge in [0.15, 0.2) is 0 Å². The molecule has 0 aliphatic heterocycles. The monoisotopic (exact) mass is 443 g/mol. The van der Waals surface area contributed by atoms with E-state index < -0.39 is 6.16 Å². The summed E-state index contributed by atoms with van der Waals surface area (Å²) >= 11 is 0. The van der Waals surface area contributed by atoms with Gasteiger partial charge >= 0.3 is 12.1 Å². The van der Waals surface area contributed by atoms with E-state index in [9.17, 15) is 9.59 Å². The van der Waals surface area contributed by atoms with Gasteiger partial charge in [-0.15, -0.1) is 0 Å². The van der Waals surface area contributed by atoms with Crippen LogP contribution in [0.2, 0.25) is 0 Å². The highest BCUT2D eigenvalue weighted by Crippen LogP contribution is 2.16. The largest absolute Gasteiger partial charge is 0.508 e. The first-order valence-electron chi connectivity index (χ1n) is 12.5. The number of carbonyl (C=O) groups is 2. The summed E-state index contributed by atoms with van der Waals surface area (Å²) in [5.41, 5.74) is 0. The Morgan fingerprint density at radius 3 is 1.90 bits per heavy atom. The lowest BCUT2D eigenvalue weighted by molar-refractivity contribution is -0.148. The standard InChI is InChI=1S/C25H49NO5/c1-6-7-8-9-10-11-12-13-14-15-17-23(18-19-24(27)30-22(2)3)31-25(28)29-21-16-20-26(4)5/h22-23H,6-21H2,1-5H3. The van der Waals surface area contributed by atoms with Crippen molar-refractivity contribution >= 4 is 12.1 Å². The van der Waals surface area contributed by atoms with Crippen molar-refractivity contribution in [3.8, 4) is 0 Å². The highest BCUT2D eigenvalue weighted by molar-refractivity contribution is 5.69. The third-order valence-corrected chi connectivity index (χ3v) is 5.15. The molecule has 0 saturated heterocycles. The van der Waals surface area contributed by atoms with Gasteiger partial charge in [0, 0.05) is 13.0 Å². The molecular weight excluding hydrogens is 394 g/mol. The minimum absolute atomic E-state index is 0.129. The van der Waals surface area contributed by atoms with Gasteiger partial charge in [-0.2, -0.15) is 0 Å². The summed E-state index contributed by atoms with van der Waals surface area (Å²) in [6.45, 7) is 7.12. The van der Waals surface area contributed by atoms with Gasteiger partial charge in [0.25, 0.3) is 0 Å². The van der Waals surface area contributed by atoms with E-state index in [1.165, 1.54) is 51.4 Å². The average molecular weight is 444 g/mol. The smallest absolute Gasteiger partial charge is 0.463 e. The number of nitrogens with zero attached hydrogens (tertiary/aromatic N) is 1. The Bertz CT molecular complexity index is 440. The van der Waals surface area contributed by atoms with Crippen molar-refractivity contribution in [2.24, 2.45) is 0 Å². The molecule has 6 heteroatoms. The zero-order valence-corrected chi connectivity index (χ0v) is 21.0.